The molecular formula is C41H53N3O4. The Kier molecular flexibility index (Phi) is 14.4. The Morgan fingerprint density at radius 1 is 0.708 bits per heavy atom. The average Bonchev–Trinajstić information content (AvgIpc) is 3.44. The number of unbranched alkanes of at least 4 members (excludes halogenated alkanes) is 3. The Bertz CT molecular complexity index is 1620. The molecule has 256 valence electrons. The molecule has 2 heterocycles. The molecule has 4 rings (SSSR count). The summed E-state index contributed by atoms with van der Waals surface area (Å²) in [6.07, 6.45) is 12.3. The maximum Gasteiger partial charge on any atom is 0.338 e. The molecule has 0 fully saturated rings. The number of pyridine rings is 1. The number of aromatic nitrogens is 1. The van der Waals surface area contributed by atoms with Gasteiger partial charge >= 0.3 is 5.97 Å². The number of esters is 1. The zero-order chi connectivity index (χ0) is 34.3. The Balaban J connectivity index is 1.52. The van der Waals surface area contributed by atoms with Gasteiger partial charge in [-0.1, -0.05) is 94.6 Å². The van der Waals surface area contributed by atoms with E-state index < -0.39 is 11.9 Å². The second kappa shape index (κ2) is 18.9. The van der Waals surface area contributed by atoms with Crippen LogP contribution in [0.1, 0.15) is 126 Å². The van der Waals surface area contributed by atoms with E-state index in [1.807, 2.05) is 42.5 Å². The second-order valence-corrected chi connectivity index (χ2v) is 12.7. The predicted octanol–water partition coefficient (Wildman–Crippen LogP) is 8.24. The minimum Gasteiger partial charge on any atom is -0.462 e. The molecule has 0 unspecified atom stereocenters. The minimum absolute atomic E-state index is 0.170. The number of hydrogen-bond acceptors (Lipinski definition) is 5. The van der Waals surface area contributed by atoms with E-state index in [4.69, 9.17) is 10.5 Å². The Hall–Kier alpha value is -4.23. The van der Waals surface area contributed by atoms with Crippen LogP contribution < -0.4 is 5.73 Å². The smallest absolute Gasteiger partial charge is 0.338 e. The topological polar surface area (TPSA) is 94.1 Å². The third-order valence-corrected chi connectivity index (χ3v) is 9.01. The van der Waals surface area contributed by atoms with Gasteiger partial charge in [0.15, 0.2) is 0 Å². The Morgan fingerprint density at radius 2 is 1.33 bits per heavy atom. The van der Waals surface area contributed by atoms with E-state index in [9.17, 15) is 14.4 Å². The highest BCUT2D eigenvalue weighted by Crippen LogP contribution is 2.29. The summed E-state index contributed by atoms with van der Waals surface area (Å²) in [6, 6.07) is 21.2. The SMILES string of the molecule is CCCCc1c(C(N)=O)c2cc(C(=O)OCCCc3ccccc3)ccn2c1C(=O)c1ccc(CCCN(CCCC)CCCC)cc1. The lowest BCUT2D eigenvalue weighted by atomic mass is 9.97. The summed E-state index contributed by atoms with van der Waals surface area (Å²) >= 11 is 0. The third-order valence-electron chi connectivity index (χ3n) is 9.01. The zero-order valence-corrected chi connectivity index (χ0v) is 29.1. The van der Waals surface area contributed by atoms with Crippen molar-refractivity contribution in [3.05, 3.63) is 112 Å². The van der Waals surface area contributed by atoms with Crippen LogP contribution in [0.25, 0.3) is 5.52 Å². The number of ether oxygens (including phenoxy) is 1. The molecule has 0 aliphatic rings. The summed E-state index contributed by atoms with van der Waals surface area (Å²) in [7, 11) is 0. The highest BCUT2D eigenvalue weighted by molar-refractivity contribution is 6.14. The summed E-state index contributed by atoms with van der Waals surface area (Å²) in [5.74, 6) is -1.26. The molecule has 7 nitrogen and oxygen atoms in total. The summed E-state index contributed by atoms with van der Waals surface area (Å²) in [5.41, 5.74) is 11.0. The molecule has 2 aromatic carbocycles. The number of nitrogens with two attached hydrogens (primary N) is 1. The molecule has 4 aromatic rings. The number of ketones is 1. The monoisotopic (exact) mass is 651 g/mol. The van der Waals surface area contributed by atoms with Crippen molar-refractivity contribution in [3.63, 3.8) is 0 Å². The second-order valence-electron chi connectivity index (χ2n) is 12.7. The number of fused-ring (bicyclic) bond motifs is 1. The zero-order valence-electron chi connectivity index (χ0n) is 29.1. The van der Waals surface area contributed by atoms with Crippen LogP contribution in [0.2, 0.25) is 0 Å². The largest absolute Gasteiger partial charge is 0.462 e. The molecule has 1 amide bonds. The van der Waals surface area contributed by atoms with E-state index >= 15 is 0 Å². The summed E-state index contributed by atoms with van der Waals surface area (Å²) in [6.45, 7) is 10.2. The van der Waals surface area contributed by atoms with Crippen LogP contribution in [0.5, 0.6) is 0 Å². The van der Waals surface area contributed by atoms with Gasteiger partial charge in [0, 0.05) is 11.8 Å². The van der Waals surface area contributed by atoms with Crippen molar-refractivity contribution >= 4 is 23.2 Å². The van der Waals surface area contributed by atoms with Gasteiger partial charge in [0.1, 0.15) is 0 Å². The van der Waals surface area contributed by atoms with Crippen LogP contribution in [0.4, 0.5) is 0 Å². The normalized spacial score (nSPS) is 11.3. The number of primary amides is 1. The quantitative estimate of drug-likeness (QED) is 0.0557. The first-order valence-corrected chi connectivity index (χ1v) is 17.9. The lowest BCUT2D eigenvalue weighted by Gasteiger charge is -2.21. The van der Waals surface area contributed by atoms with Gasteiger partial charge in [-0.2, -0.15) is 0 Å². The van der Waals surface area contributed by atoms with Gasteiger partial charge in [0.25, 0.3) is 5.91 Å². The molecule has 0 saturated heterocycles. The first kappa shape index (κ1) is 36.6. The summed E-state index contributed by atoms with van der Waals surface area (Å²) in [4.78, 5) is 42.6. The fraction of sp³-hybridized carbons (Fsp3) is 0.439. The van der Waals surface area contributed by atoms with Gasteiger partial charge in [-0.3, -0.25) is 9.59 Å². The summed E-state index contributed by atoms with van der Waals surface area (Å²) < 4.78 is 7.29. The number of rotatable bonds is 21. The Labute approximate surface area is 286 Å². The van der Waals surface area contributed by atoms with Crippen LogP contribution in [0, 0.1) is 0 Å². The number of carbonyl (C=O) groups is 3. The molecule has 7 heteroatoms. The van der Waals surface area contributed by atoms with E-state index in [2.05, 4.69) is 37.8 Å². The van der Waals surface area contributed by atoms with Crippen molar-refractivity contribution in [2.45, 2.75) is 91.4 Å². The molecular weight excluding hydrogens is 598 g/mol. The lowest BCUT2D eigenvalue weighted by molar-refractivity contribution is 0.0500. The maximum absolute atomic E-state index is 14.1. The molecule has 48 heavy (non-hydrogen) atoms. The number of aryl methyl sites for hydroxylation is 2. The molecule has 0 spiro atoms. The molecule has 2 aromatic heterocycles. The van der Waals surface area contributed by atoms with Crippen molar-refractivity contribution in [1.82, 2.24) is 9.30 Å². The van der Waals surface area contributed by atoms with Crippen LogP contribution in [-0.4, -0.2) is 53.2 Å². The van der Waals surface area contributed by atoms with Gasteiger partial charge in [-0.05, 0) is 99.8 Å². The van der Waals surface area contributed by atoms with Crippen LogP contribution in [0.3, 0.4) is 0 Å². The third kappa shape index (κ3) is 9.89. The van der Waals surface area contributed by atoms with Gasteiger partial charge in [-0.15, -0.1) is 0 Å². The first-order chi connectivity index (χ1) is 23.4. The number of benzene rings is 2. The molecule has 0 saturated carbocycles. The lowest BCUT2D eigenvalue weighted by Crippen LogP contribution is -2.27. The van der Waals surface area contributed by atoms with E-state index in [0.717, 1.165) is 51.7 Å². The highest BCUT2D eigenvalue weighted by Gasteiger charge is 2.27. The van der Waals surface area contributed by atoms with Crippen LogP contribution in [-0.2, 0) is 24.0 Å². The van der Waals surface area contributed by atoms with Crippen LogP contribution >= 0.6 is 0 Å². The van der Waals surface area contributed by atoms with Crippen molar-refractivity contribution in [1.29, 1.82) is 0 Å². The number of carbonyl (C=O) groups excluding carboxylic acids is 3. The van der Waals surface area contributed by atoms with Gasteiger partial charge in [-0.25, -0.2) is 4.79 Å². The Morgan fingerprint density at radius 3 is 1.98 bits per heavy atom. The molecule has 0 bridgehead atoms. The maximum atomic E-state index is 14.1. The molecule has 0 aliphatic carbocycles. The first-order valence-electron chi connectivity index (χ1n) is 17.9. The van der Waals surface area contributed by atoms with E-state index in [1.165, 1.54) is 36.8 Å². The number of nitrogens with zero attached hydrogens (tertiary/aromatic N) is 2. The fourth-order valence-electron chi connectivity index (χ4n) is 6.29. The van der Waals surface area contributed by atoms with Crippen molar-refractivity contribution in [2.24, 2.45) is 5.73 Å². The average molecular weight is 652 g/mol. The van der Waals surface area contributed by atoms with E-state index in [-0.39, 0.29) is 18.0 Å². The van der Waals surface area contributed by atoms with Crippen molar-refractivity contribution < 1.29 is 19.1 Å². The molecule has 0 atom stereocenters. The number of hydrogen-bond donors (Lipinski definition) is 1. The van der Waals surface area contributed by atoms with Gasteiger partial charge in [0.05, 0.1) is 28.9 Å². The fourth-order valence-corrected chi connectivity index (χ4v) is 6.29. The van der Waals surface area contributed by atoms with Gasteiger partial charge < -0.3 is 19.8 Å². The van der Waals surface area contributed by atoms with Crippen molar-refractivity contribution in [3.8, 4) is 0 Å². The molecule has 0 radical (unpaired) electrons. The standard InChI is InChI=1S/C41H53N3O4/c1-4-7-19-35-37(40(42)46)36-30-34(41(47)48-29-14-18-31-15-11-10-12-16-31)24-28-44(36)38(35)39(45)33-22-20-32(21-23-33)17-13-27-43(25-8-5-2)26-9-6-3/h10-12,15-16,20-24,28,30H,4-9,13-14,17-19,25-27,29H2,1-3H3,(H2,42,46). The van der Waals surface area contributed by atoms with Crippen molar-refractivity contribution in [2.75, 3.05) is 26.2 Å². The molecule has 2 N–H and O–H groups in total. The minimum atomic E-state index is -0.617. The van der Waals surface area contributed by atoms with Gasteiger partial charge in [0.2, 0.25) is 5.78 Å². The van der Waals surface area contributed by atoms with E-state index in [0.29, 0.717) is 40.7 Å². The highest BCUT2D eigenvalue weighted by atomic mass is 16.5. The number of amides is 1. The summed E-state index contributed by atoms with van der Waals surface area (Å²) in [5, 5.41) is 0. The molecule has 0 aliphatic heterocycles. The predicted molar refractivity (Wildman–Crippen MR) is 194 cm³/mol. The van der Waals surface area contributed by atoms with E-state index in [1.54, 1.807) is 22.7 Å². The van der Waals surface area contributed by atoms with Crippen LogP contribution in [0.15, 0.2) is 72.9 Å².